The van der Waals surface area contributed by atoms with E-state index in [1.807, 2.05) is 18.2 Å². The number of aromatic amines is 1. The molecule has 0 saturated carbocycles. The number of carbonyl (C=O) groups excluding carboxylic acids is 1. The van der Waals surface area contributed by atoms with Gasteiger partial charge in [0.05, 0.1) is 0 Å². The molecular formula is C20H15ClF2N4O2. The fourth-order valence-electron chi connectivity index (χ4n) is 2.90. The zero-order valence-electron chi connectivity index (χ0n) is 15.2. The topological polar surface area (TPSA) is 75.0 Å². The van der Waals surface area contributed by atoms with Crippen LogP contribution in [0.25, 0.3) is 22.5 Å². The molecule has 4 aromatic rings. The van der Waals surface area contributed by atoms with Gasteiger partial charge in [-0.15, -0.1) is 0 Å². The van der Waals surface area contributed by atoms with Gasteiger partial charge in [0.2, 0.25) is 0 Å². The first-order chi connectivity index (χ1) is 13.9. The van der Waals surface area contributed by atoms with Gasteiger partial charge in [0.25, 0.3) is 11.8 Å². The van der Waals surface area contributed by atoms with Crippen LogP contribution in [-0.4, -0.2) is 39.5 Å². The molecule has 6 nitrogen and oxygen atoms in total. The number of hydrogen-bond donors (Lipinski definition) is 1. The Balaban J connectivity index is 1.43. The summed E-state index contributed by atoms with van der Waals surface area (Å²) in [6, 6.07) is 10.4. The number of H-pyrrole nitrogens is 1. The normalized spacial score (nSPS) is 11.2. The number of halogens is 3. The first kappa shape index (κ1) is 19.1. The van der Waals surface area contributed by atoms with Gasteiger partial charge in [-0.1, -0.05) is 16.8 Å². The van der Waals surface area contributed by atoms with Crippen LogP contribution in [0.15, 0.2) is 47.0 Å². The number of rotatable bonds is 5. The van der Waals surface area contributed by atoms with E-state index in [1.54, 1.807) is 13.1 Å². The van der Waals surface area contributed by atoms with E-state index in [0.717, 1.165) is 23.0 Å². The highest BCUT2D eigenvalue weighted by Crippen LogP contribution is 2.25. The highest BCUT2D eigenvalue weighted by molar-refractivity contribution is 6.31. The molecule has 0 aliphatic rings. The summed E-state index contributed by atoms with van der Waals surface area (Å²) in [6.07, 6.45) is 0.335. The molecular weight excluding hydrogens is 402 g/mol. The largest absolute Gasteiger partial charge is 0.351 e. The number of hydrogen-bond acceptors (Lipinski definition) is 4. The number of likely N-dealkylation sites (N-methyl/N-ethyl adjacent to an activating group) is 1. The minimum absolute atomic E-state index is 0.0666. The first-order valence-electron chi connectivity index (χ1n) is 8.72. The van der Waals surface area contributed by atoms with Gasteiger partial charge in [-0.3, -0.25) is 4.79 Å². The molecule has 29 heavy (non-hydrogen) atoms. The van der Waals surface area contributed by atoms with E-state index in [2.05, 4.69) is 15.1 Å². The zero-order chi connectivity index (χ0) is 20.5. The number of amides is 1. The van der Waals surface area contributed by atoms with Gasteiger partial charge < -0.3 is 14.4 Å². The van der Waals surface area contributed by atoms with Crippen molar-refractivity contribution in [2.45, 2.75) is 6.42 Å². The van der Waals surface area contributed by atoms with Gasteiger partial charge in [0.1, 0.15) is 5.69 Å². The second kappa shape index (κ2) is 7.63. The second-order valence-corrected chi connectivity index (χ2v) is 6.97. The third kappa shape index (κ3) is 3.97. The number of benzene rings is 2. The lowest BCUT2D eigenvalue weighted by atomic mass is 10.2. The Kier molecular flexibility index (Phi) is 5.02. The van der Waals surface area contributed by atoms with E-state index in [0.29, 0.717) is 28.9 Å². The van der Waals surface area contributed by atoms with Crippen molar-refractivity contribution in [3.8, 4) is 11.6 Å². The van der Waals surface area contributed by atoms with E-state index in [4.69, 9.17) is 16.1 Å². The third-order valence-electron chi connectivity index (χ3n) is 4.47. The van der Waals surface area contributed by atoms with E-state index < -0.39 is 17.5 Å². The quantitative estimate of drug-likeness (QED) is 0.521. The fourth-order valence-corrected chi connectivity index (χ4v) is 3.08. The summed E-state index contributed by atoms with van der Waals surface area (Å²) in [6.45, 7) is 0.277. The van der Waals surface area contributed by atoms with Gasteiger partial charge >= 0.3 is 0 Å². The summed E-state index contributed by atoms with van der Waals surface area (Å²) in [5, 5.41) is 5.48. The minimum Gasteiger partial charge on any atom is -0.351 e. The monoisotopic (exact) mass is 416 g/mol. The summed E-state index contributed by atoms with van der Waals surface area (Å²) < 4.78 is 31.7. The van der Waals surface area contributed by atoms with Crippen LogP contribution >= 0.6 is 11.6 Å². The second-order valence-electron chi connectivity index (χ2n) is 6.54. The molecule has 0 unspecified atom stereocenters. The molecule has 2 heterocycles. The van der Waals surface area contributed by atoms with Crippen molar-refractivity contribution >= 4 is 28.4 Å². The van der Waals surface area contributed by atoms with E-state index >= 15 is 0 Å². The summed E-state index contributed by atoms with van der Waals surface area (Å²) in [5.41, 5.74) is 1.62. The zero-order valence-corrected chi connectivity index (χ0v) is 16.0. The van der Waals surface area contributed by atoms with Crippen LogP contribution in [0.5, 0.6) is 0 Å². The van der Waals surface area contributed by atoms with Crippen LogP contribution in [-0.2, 0) is 6.42 Å². The molecule has 9 heteroatoms. The van der Waals surface area contributed by atoms with Crippen molar-refractivity contribution in [2.75, 3.05) is 13.6 Å². The van der Waals surface area contributed by atoms with Gasteiger partial charge in [-0.05, 0) is 42.5 Å². The van der Waals surface area contributed by atoms with Gasteiger partial charge in [0, 0.05) is 41.5 Å². The molecule has 0 spiro atoms. The number of fused-ring (bicyclic) bond motifs is 1. The average Bonchev–Trinajstić information content (AvgIpc) is 3.34. The van der Waals surface area contributed by atoms with Crippen molar-refractivity contribution in [3.63, 3.8) is 0 Å². The molecule has 0 radical (unpaired) electrons. The Bertz CT molecular complexity index is 1200. The molecule has 2 aromatic heterocycles. The summed E-state index contributed by atoms with van der Waals surface area (Å²) >= 11 is 6.00. The van der Waals surface area contributed by atoms with Crippen molar-refractivity contribution in [1.82, 2.24) is 20.0 Å². The van der Waals surface area contributed by atoms with E-state index in [1.165, 1.54) is 11.0 Å². The van der Waals surface area contributed by atoms with E-state index in [-0.39, 0.29) is 12.1 Å². The maximum atomic E-state index is 13.3. The molecule has 4 rings (SSSR count). The van der Waals surface area contributed by atoms with Gasteiger partial charge in [0.15, 0.2) is 17.5 Å². The highest BCUT2D eigenvalue weighted by atomic mass is 35.5. The van der Waals surface area contributed by atoms with Gasteiger partial charge in [-0.25, -0.2) is 8.78 Å². The lowest BCUT2D eigenvalue weighted by Gasteiger charge is -2.16. The van der Waals surface area contributed by atoms with Crippen molar-refractivity contribution in [2.24, 2.45) is 0 Å². The molecule has 148 valence electrons. The fraction of sp³-hybridized carbons (Fsp3) is 0.150. The molecule has 0 aliphatic heterocycles. The number of nitrogens with zero attached hydrogens (tertiary/aromatic N) is 3. The Hall–Kier alpha value is -3.26. The van der Waals surface area contributed by atoms with Crippen molar-refractivity contribution < 1.29 is 18.1 Å². The number of aromatic nitrogens is 3. The summed E-state index contributed by atoms with van der Waals surface area (Å²) in [5.74, 6) is -1.75. The Morgan fingerprint density at radius 1 is 1.17 bits per heavy atom. The van der Waals surface area contributed by atoms with Crippen molar-refractivity contribution in [1.29, 1.82) is 0 Å². The third-order valence-corrected chi connectivity index (χ3v) is 4.70. The number of carbonyl (C=O) groups is 1. The SMILES string of the molecule is CN(CCc1noc(-c2cc3cc(Cl)ccc3[nH]2)n1)C(=O)c1ccc(F)c(F)c1. The Labute approximate surface area is 169 Å². The molecule has 0 saturated heterocycles. The summed E-state index contributed by atoms with van der Waals surface area (Å²) in [7, 11) is 1.56. The van der Waals surface area contributed by atoms with Crippen LogP contribution in [0.3, 0.4) is 0 Å². The molecule has 1 N–H and O–H groups in total. The molecule has 0 aliphatic carbocycles. The lowest BCUT2D eigenvalue weighted by Crippen LogP contribution is -2.29. The Morgan fingerprint density at radius 3 is 2.79 bits per heavy atom. The van der Waals surface area contributed by atoms with Crippen LogP contribution < -0.4 is 0 Å². The standard InChI is InChI=1S/C20H15ClF2N4O2/c1-27(20(28)11-2-4-14(22)15(23)9-11)7-6-18-25-19(29-26-18)17-10-12-8-13(21)3-5-16(12)24-17/h2-5,8-10,24H,6-7H2,1H3. The Morgan fingerprint density at radius 2 is 2.00 bits per heavy atom. The molecule has 0 atom stereocenters. The molecule has 2 aromatic carbocycles. The molecule has 0 fully saturated rings. The van der Waals surface area contributed by atoms with Crippen LogP contribution in [0.2, 0.25) is 5.02 Å². The smallest absolute Gasteiger partial charge is 0.274 e. The lowest BCUT2D eigenvalue weighted by molar-refractivity contribution is 0.0795. The number of nitrogens with one attached hydrogen (secondary N) is 1. The van der Waals surface area contributed by atoms with Gasteiger partial charge in [-0.2, -0.15) is 4.98 Å². The highest BCUT2D eigenvalue weighted by Gasteiger charge is 2.16. The molecule has 0 bridgehead atoms. The maximum Gasteiger partial charge on any atom is 0.274 e. The average molecular weight is 417 g/mol. The van der Waals surface area contributed by atoms with Crippen LogP contribution in [0.4, 0.5) is 8.78 Å². The first-order valence-corrected chi connectivity index (χ1v) is 9.10. The van der Waals surface area contributed by atoms with Crippen LogP contribution in [0, 0.1) is 11.6 Å². The molecule has 1 amide bonds. The maximum absolute atomic E-state index is 13.3. The predicted molar refractivity (Wildman–Crippen MR) is 104 cm³/mol. The van der Waals surface area contributed by atoms with Crippen molar-refractivity contribution in [3.05, 3.63) is 70.5 Å². The minimum atomic E-state index is -1.06. The van der Waals surface area contributed by atoms with E-state index in [9.17, 15) is 13.6 Å². The summed E-state index contributed by atoms with van der Waals surface area (Å²) in [4.78, 5) is 21.2. The predicted octanol–water partition coefficient (Wildman–Crippen LogP) is 4.46. The van der Waals surface area contributed by atoms with Crippen LogP contribution in [0.1, 0.15) is 16.2 Å².